The molecule has 1 aliphatic carbocycles. The van der Waals surface area contributed by atoms with Crippen molar-refractivity contribution < 1.29 is 19.1 Å². The third-order valence-corrected chi connectivity index (χ3v) is 3.60. The Balaban J connectivity index is 1.74. The first-order valence-electron chi connectivity index (χ1n) is 7.32. The zero-order valence-electron chi connectivity index (χ0n) is 12.6. The van der Waals surface area contributed by atoms with Crippen molar-refractivity contribution in [2.45, 2.75) is 25.7 Å². The van der Waals surface area contributed by atoms with Gasteiger partial charge in [-0.2, -0.15) is 0 Å². The Morgan fingerprint density at radius 2 is 1.91 bits per heavy atom. The molecule has 1 aliphatic rings. The number of benzene rings is 1. The summed E-state index contributed by atoms with van der Waals surface area (Å²) in [6.07, 6.45) is 3.47. The lowest BCUT2D eigenvalue weighted by molar-refractivity contribution is -0.147. The van der Waals surface area contributed by atoms with Crippen molar-refractivity contribution in [1.82, 2.24) is 10.6 Å². The van der Waals surface area contributed by atoms with Gasteiger partial charge in [0, 0.05) is 7.05 Å². The number of ether oxygens (including phenoxy) is 1. The van der Waals surface area contributed by atoms with Gasteiger partial charge in [0.2, 0.25) is 5.91 Å². The minimum Gasteiger partial charge on any atom is -0.455 e. The van der Waals surface area contributed by atoms with E-state index >= 15 is 0 Å². The maximum Gasteiger partial charge on any atom is 0.310 e. The summed E-state index contributed by atoms with van der Waals surface area (Å²) in [4.78, 5) is 34.1. The summed E-state index contributed by atoms with van der Waals surface area (Å²) < 4.78 is 4.91. The van der Waals surface area contributed by atoms with Crippen molar-refractivity contribution in [3.05, 3.63) is 34.9 Å². The largest absolute Gasteiger partial charge is 0.455 e. The van der Waals surface area contributed by atoms with Gasteiger partial charge in [-0.1, -0.05) is 18.2 Å². The van der Waals surface area contributed by atoms with Crippen LogP contribution in [0.4, 0.5) is 0 Å². The first kappa shape index (κ1) is 16.0. The smallest absolute Gasteiger partial charge is 0.310 e. The van der Waals surface area contributed by atoms with E-state index in [0.717, 1.165) is 24.8 Å². The van der Waals surface area contributed by atoms with Crippen molar-refractivity contribution in [2.75, 3.05) is 20.2 Å². The minimum absolute atomic E-state index is 0.127. The number of esters is 1. The molecule has 0 saturated carbocycles. The predicted molar refractivity (Wildman–Crippen MR) is 80.2 cm³/mol. The fourth-order valence-corrected chi connectivity index (χ4v) is 2.42. The molecular weight excluding hydrogens is 284 g/mol. The highest BCUT2D eigenvalue weighted by Gasteiger charge is 2.13. The number of aryl methyl sites for hydroxylation is 2. The third-order valence-electron chi connectivity index (χ3n) is 3.60. The van der Waals surface area contributed by atoms with Crippen molar-refractivity contribution in [3.8, 4) is 0 Å². The van der Waals surface area contributed by atoms with Crippen LogP contribution in [0.25, 0.3) is 0 Å². The van der Waals surface area contributed by atoms with Gasteiger partial charge in [-0.15, -0.1) is 0 Å². The predicted octanol–water partition coefficient (Wildman–Crippen LogP) is 0.123. The maximum absolute atomic E-state index is 11.7. The number of carbonyl (C=O) groups excluding carboxylic acids is 3. The summed E-state index contributed by atoms with van der Waals surface area (Å²) >= 11 is 0. The van der Waals surface area contributed by atoms with E-state index in [1.807, 2.05) is 12.1 Å². The van der Waals surface area contributed by atoms with Gasteiger partial charge in [0.05, 0.1) is 13.0 Å². The summed E-state index contributed by atoms with van der Waals surface area (Å²) in [7, 11) is 1.48. The van der Waals surface area contributed by atoms with Gasteiger partial charge in [-0.3, -0.25) is 14.4 Å². The van der Waals surface area contributed by atoms with Crippen LogP contribution in [-0.4, -0.2) is 38.0 Å². The molecule has 6 heteroatoms. The van der Waals surface area contributed by atoms with E-state index in [1.165, 1.54) is 18.2 Å². The number of carbonyl (C=O) groups is 3. The zero-order chi connectivity index (χ0) is 15.9. The zero-order valence-corrected chi connectivity index (χ0v) is 12.6. The number of likely N-dealkylation sites (N-methyl/N-ethyl adjacent to an activating group) is 1. The highest BCUT2D eigenvalue weighted by atomic mass is 16.5. The molecule has 2 N–H and O–H groups in total. The average molecular weight is 304 g/mol. The summed E-state index contributed by atoms with van der Waals surface area (Å²) in [6, 6.07) is 6.02. The number of hydrogen-bond donors (Lipinski definition) is 2. The van der Waals surface area contributed by atoms with Crippen LogP contribution < -0.4 is 10.6 Å². The van der Waals surface area contributed by atoms with E-state index in [0.29, 0.717) is 0 Å². The van der Waals surface area contributed by atoms with Gasteiger partial charge in [0.25, 0.3) is 5.91 Å². The summed E-state index contributed by atoms with van der Waals surface area (Å²) in [6.45, 7) is -0.502. The average Bonchev–Trinajstić information content (AvgIpc) is 2.98. The lowest BCUT2D eigenvalue weighted by atomic mass is 10.0. The second-order valence-electron chi connectivity index (χ2n) is 5.24. The second-order valence-corrected chi connectivity index (χ2v) is 5.24. The number of rotatable bonds is 6. The summed E-state index contributed by atoms with van der Waals surface area (Å²) in [5.41, 5.74) is 3.55. The van der Waals surface area contributed by atoms with Crippen LogP contribution in [0.1, 0.15) is 23.1 Å². The van der Waals surface area contributed by atoms with Crippen LogP contribution in [0.5, 0.6) is 0 Å². The molecule has 0 unspecified atom stereocenters. The van der Waals surface area contributed by atoms with Crippen LogP contribution in [-0.2, 0) is 38.4 Å². The molecule has 0 bridgehead atoms. The Morgan fingerprint density at radius 1 is 1.14 bits per heavy atom. The van der Waals surface area contributed by atoms with Crippen molar-refractivity contribution >= 4 is 17.8 Å². The third kappa shape index (κ3) is 4.58. The van der Waals surface area contributed by atoms with Gasteiger partial charge in [0.1, 0.15) is 0 Å². The van der Waals surface area contributed by atoms with Gasteiger partial charge < -0.3 is 15.4 Å². The van der Waals surface area contributed by atoms with Gasteiger partial charge >= 0.3 is 5.97 Å². The maximum atomic E-state index is 11.7. The molecule has 0 aliphatic heterocycles. The molecule has 1 aromatic carbocycles. The van der Waals surface area contributed by atoms with Gasteiger partial charge in [-0.25, -0.2) is 0 Å². The second kappa shape index (κ2) is 7.59. The van der Waals surface area contributed by atoms with Crippen LogP contribution in [0.3, 0.4) is 0 Å². The van der Waals surface area contributed by atoms with Gasteiger partial charge in [-0.05, 0) is 36.0 Å². The molecule has 0 radical (unpaired) electrons. The van der Waals surface area contributed by atoms with Crippen molar-refractivity contribution in [3.63, 3.8) is 0 Å². The molecule has 0 fully saturated rings. The first-order valence-corrected chi connectivity index (χ1v) is 7.32. The molecule has 2 amide bonds. The van der Waals surface area contributed by atoms with Crippen LogP contribution in [0.2, 0.25) is 0 Å². The quantitative estimate of drug-likeness (QED) is 0.731. The summed E-state index contributed by atoms with van der Waals surface area (Å²) in [5.74, 6) is -1.25. The molecule has 0 spiro atoms. The molecule has 0 aromatic heterocycles. The Hall–Kier alpha value is -2.37. The Labute approximate surface area is 129 Å². The molecule has 6 nitrogen and oxygen atoms in total. The Kier molecular flexibility index (Phi) is 5.52. The highest BCUT2D eigenvalue weighted by molar-refractivity contribution is 5.86. The standard InChI is InChI=1S/C16H20N2O4/c1-17-14(19)9-18-15(20)10-22-16(21)8-11-5-6-12-3-2-4-13(12)7-11/h5-7H,2-4,8-10H2,1H3,(H,17,19)(H,18,20). The molecule has 0 atom stereocenters. The molecule has 22 heavy (non-hydrogen) atoms. The molecule has 1 aromatic rings. The SMILES string of the molecule is CNC(=O)CNC(=O)COC(=O)Cc1ccc2c(c1)CCC2. The Bertz CT molecular complexity index is 584. The number of fused-ring (bicyclic) bond motifs is 1. The fraction of sp³-hybridized carbons (Fsp3) is 0.438. The first-order chi connectivity index (χ1) is 10.6. The van der Waals surface area contributed by atoms with Crippen LogP contribution in [0, 0.1) is 0 Å². The molecule has 0 heterocycles. The molecular formula is C16H20N2O4. The van der Waals surface area contributed by atoms with Gasteiger partial charge in [0.15, 0.2) is 6.61 Å². The van der Waals surface area contributed by atoms with Crippen molar-refractivity contribution in [2.24, 2.45) is 0 Å². The number of amides is 2. The topological polar surface area (TPSA) is 84.5 Å². The van der Waals surface area contributed by atoms with Crippen LogP contribution in [0.15, 0.2) is 18.2 Å². The van der Waals surface area contributed by atoms with E-state index < -0.39 is 11.9 Å². The minimum atomic E-state index is -0.495. The molecule has 0 saturated heterocycles. The fourth-order valence-electron chi connectivity index (χ4n) is 2.42. The van der Waals surface area contributed by atoms with Crippen molar-refractivity contribution in [1.29, 1.82) is 0 Å². The lowest BCUT2D eigenvalue weighted by Crippen LogP contribution is -2.37. The van der Waals surface area contributed by atoms with E-state index in [4.69, 9.17) is 4.74 Å². The molecule has 2 rings (SSSR count). The normalized spacial score (nSPS) is 12.4. The number of hydrogen-bond acceptors (Lipinski definition) is 4. The van der Waals surface area contributed by atoms with E-state index in [1.54, 1.807) is 0 Å². The number of nitrogens with one attached hydrogen (secondary N) is 2. The lowest BCUT2D eigenvalue weighted by Gasteiger charge is -2.07. The highest BCUT2D eigenvalue weighted by Crippen LogP contribution is 2.23. The van der Waals surface area contributed by atoms with E-state index in [9.17, 15) is 14.4 Å². The van der Waals surface area contributed by atoms with E-state index in [-0.39, 0.29) is 25.5 Å². The Morgan fingerprint density at radius 3 is 2.68 bits per heavy atom. The van der Waals surface area contributed by atoms with Crippen LogP contribution >= 0.6 is 0 Å². The van der Waals surface area contributed by atoms with E-state index in [2.05, 4.69) is 16.7 Å². The molecule has 118 valence electrons. The monoisotopic (exact) mass is 304 g/mol. The summed E-state index contributed by atoms with van der Waals surface area (Å²) in [5, 5.41) is 4.74.